The zero-order valence-corrected chi connectivity index (χ0v) is 29.6. The molecule has 0 heteroatoms. The molecule has 11 aromatic carbocycles. The van der Waals surface area contributed by atoms with E-state index in [1.807, 2.05) is 0 Å². The molecule has 0 saturated carbocycles. The SMILES string of the molecule is c1ccc(-c2c3ccccc3c(-c3ccc(-c4ccc5cc(-c6ccc7c8ccccc8c8ccccc8c7c6)ccc5c4)cc3)c3ccccc23)cc1. The third-order valence-electron chi connectivity index (χ3n) is 11.4. The molecule has 0 aliphatic rings. The molecule has 0 atom stereocenters. The van der Waals surface area contributed by atoms with Crippen LogP contribution in [0.1, 0.15) is 0 Å². The molecule has 0 fully saturated rings. The van der Waals surface area contributed by atoms with Gasteiger partial charge < -0.3 is 0 Å². The summed E-state index contributed by atoms with van der Waals surface area (Å²) in [5, 5.41) is 15.4. The largest absolute Gasteiger partial charge is 0.0622 e. The van der Waals surface area contributed by atoms with Crippen LogP contribution in [-0.4, -0.2) is 0 Å². The molecule has 0 aromatic heterocycles. The van der Waals surface area contributed by atoms with Gasteiger partial charge in [-0.15, -0.1) is 0 Å². The van der Waals surface area contributed by atoms with Crippen molar-refractivity contribution in [3.8, 4) is 44.5 Å². The number of rotatable bonds is 4. The number of hydrogen-bond donors (Lipinski definition) is 0. The van der Waals surface area contributed by atoms with Gasteiger partial charge in [-0.2, -0.15) is 0 Å². The Morgan fingerprint density at radius 2 is 0.481 bits per heavy atom. The van der Waals surface area contributed by atoms with Crippen molar-refractivity contribution < 1.29 is 0 Å². The first kappa shape index (κ1) is 30.6. The van der Waals surface area contributed by atoms with E-state index in [0.29, 0.717) is 0 Å². The first-order valence-corrected chi connectivity index (χ1v) is 18.8. The van der Waals surface area contributed by atoms with E-state index in [-0.39, 0.29) is 0 Å². The molecule has 0 saturated heterocycles. The van der Waals surface area contributed by atoms with Gasteiger partial charge >= 0.3 is 0 Å². The minimum atomic E-state index is 1.22. The standard InChI is InChI=1S/C54H34/c1-2-12-36(13-3-1)53-48-18-8-10-20-50(48)54(51-21-11-9-19-49(51)53)37-24-22-35(23-25-37)38-26-27-40-33-41(29-28-39(40)32-38)42-30-31-47-45-16-5-4-14-43(45)44-15-6-7-17-46(44)52(47)34-42/h1-34H. The Labute approximate surface area is 314 Å². The van der Waals surface area contributed by atoms with Crippen LogP contribution in [0.4, 0.5) is 0 Å². The predicted molar refractivity (Wildman–Crippen MR) is 233 cm³/mol. The van der Waals surface area contributed by atoms with Crippen LogP contribution in [0.25, 0.3) is 109 Å². The maximum Gasteiger partial charge on any atom is -0.00264 e. The van der Waals surface area contributed by atoms with E-state index < -0.39 is 0 Å². The smallest absolute Gasteiger partial charge is 0.00264 e. The summed E-state index contributed by atoms with van der Waals surface area (Å²) < 4.78 is 0. The Morgan fingerprint density at radius 1 is 0.167 bits per heavy atom. The zero-order valence-electron chi connectivity index (χ0n) is 29.6. The second-order valence-corrected chi connectivity index (χ2v) is 14.4. The van der Waals surface area contributed by atoms with Crippen LogP contribution in [0.5, 0.6) is 0 Å². The van der Waals surface area contributed by atoms with Gasteiger partial charge in [-0.05, 0) is 127 Å². The minimum Gasteiger partial charge on any atom is -0.0622 e. The highest BCUT2D eigenvalue weighted by Gasteiger charge is 2.17. The van der Waals surface area contributed by atoms with Crippen molar-refractivity contribution in [2.75, 3.05) is 0 Å². The van der Waals surface area contributed by atoms with Crippen LogP contribution < -0.4 is 0 Å². The summed E-state index contributed by atoms with van der Waals surface area (Å²) in [6.45, 7) is 0. The van der Waals surface area contributed by atoms with Gasteiger partial charge in [0.25, 0.3) is 0 Å². The van der Waals surface area contributed by atoms with Crippen molar-refractivity contribution >= 4 is 64.6 Å². The molecule has 0 aliphatic carbocycles. The van der Waals surface area contributed by atoms with Crippen molar-refractivity contribution in [1.82, 2.24) is 0 Å². The third-order valence-corrected chi connectivity index (χ3v) is 11.4. The highest BCUT2D eigenvalue weighted by atomic mass is 14.2. The molecule has 0 aliphatic heterocycles. The van der Waals surface area contributed by atoms with Gasteiger partial charge in [-0.25, -0.2) is 0 Å². The van der Waals surface area contributed by atoms with Crippen LogP contribution in [0.15, 0.2) is 206 Å². The summed E-state index contributed by atoms with van der Waals surface area (Å²) in [6, 6.07) is 76.0. The maximum atomic E-state index is 2.38. The highest BCUT2D eigenvalue weighted by Crippen LogP contribution is 2.44. The lowest BCUT2D eigenvalue weighted by atomic mass is 9.85. The molecular weight excluding hydrogens is 649 g/mol. The van der Waals surface area contributed by atoms with E-state index in [1.165, 1.54) is 109 Å². The topological polar surface area (TPSA) is 0 Å². The Hall–Kier alpha value is -7.02. The van der Waals surface area contributed by atoms with E-state index in [2.05, 4.69) is 206 Å². The van der Waals surface area contributed by atoms with Crippen molar-refractivity contribution in [2.45, 2.75) is 0 Å². The molecule has 54 heavy (non-hydrogen) atoms. The van der Waals surface area contributed by atoms with E-state index in [1.54, 1.807) is 0 Å². The maximum absolute atomic E-state index is 2.38. The summed E-state index contributed by atoms with van der Waals surface area (Å²) in [6.07, 6.45) is 0. The van der Waals surface area contributed by atoms with E-state index >= 15 is 0 Å². The third kappa shape index (κ3) is 4.85. The average molecular weight is 683 g/mol. The van der Waals surface area contributed by atoms with Gasteiger partial charge in [-0.3, -0.25) is 0 Å². The molecule has 0 amide bonds. The van der Waals surface area contributed by atoms with Crippen molar-refractivity contribution in [2.24, 2.45) is 0 Å². The van der Waals surface area contributed by atoms with E-state index in [9.17, 15) is 0 Å². The van der Waals surface area contributed by atoms with Gasteiger partial charge in [0, 0.05) is 0 Å². The molecule has 0 unspecified atom stereocenters. The molecule has 0 nitrogen and oxygen atoms in total. The second-order valence-electron chi connectivity index (χ2n) is 14.4. The number of benzene rings is 11. The van der Waals surface area contributed by atoms with Crippen LogP contribution in [0, 0.1) is 0 Å². The van der Waals surface area contributed by atoms with Gasteiger partial charge in [0.15, 0.2) is 0 Å². The van der Waals surface area contributed by atoms with Crippen molar-refractivity contribution in [3.05, 3.63) is 206 Å². The van der Waals surface area contributed by atoms with Crippen molar-refractivity contribution in [1.29, 1.82) is 0 Å². The lowest BCUT2D eigenvalue weighted by molar-refractivity contribution is 1.62. The fourth-order valence-corrected chi connectivity index (χ4v) is 8.88. The molecule has 250 valence electrons. The normalized spacial score (nSPS) is 11.7. The van der Waals surface area contributed by atoms with E-state index in [0.717, 1.165) is 0 Å². The zero-order chi connectivity index (χ0) is 35.6. The summed E-state index contributed by atoms with van der Waals surface area (Å²) >= 11 is 0. The Morgan fingerprint density at radius 3 is 0.981 bits per heavy atom. The summed E-state index contributed by atoms with van der Waals surface area (Å²) in [5.74, 6) is 0. The van der Waals surface area contributed by atoms with Gasteiger partial charge in [-0.1, -0.05) is 188 Å². The van der Waals surface area contributed by atoms with Gasteiger partial charge in [0.1, 0.15) is 0 Å². The molecule has 0 heterocycles. The number of hydrogen-bond acceptors (Lipinski definition) is 0. The fraction of sp³-hybridized carbons (Fsp3) is 0. The van der Waals surface area contributed by atoms with Gasteiger partial charge in [0.05, 0.1) is 0 Å². The lowest BCUT2D eigenvalue weighted by Gasteiger charge is -2.18. The van der Waals surface area contributed by atoms with Gasteiger partial charge in [0.2, 0.25) is 0 Å². The van der Waals surface area contributed by atoms with Crippen molar-refractivity contribution in [3.63, 3.8) is 0 Å². The van der Waals surface area contributed by atoms with Crippen LogP contribution in [0.2, 0.25) is 0 Å². The predicted octanol–water partition coefficient (Wildman–Crippen LogP) is 15.3. The molecule has 0 bridgehead atoms. The minimum absolute atomic E-state index is 1.22. The molecule has 0 spiro atoms. The number of fused-ring (bicyclic) bond motifs is 9. The summed E-state index contributed by atoms with van der Waals surface area (Å²) in [4.78, 5) is 0. The first-order chi connectivity index (χ1) is 26.8. The molecule has 11 aromatic rings. The Bertz CT molecular complexity index is 3150. The Kier molecular flexibility index (Phi) is 6.97. The fourth-order valence-electron chi connectivity index (χ4n) is 8.88. The highest BCUT2D eigenvalue weighted by molar-refractivity contribution is 6.26. The monoisotopic (exact) mass is 682 g/mol. The second kappa shape index (κ2) is 12.3. The average Bonchev–Trinajstić information content (AvgIpc) is 3.25. The van der Waals surface area contributed by atoms with Crippen LogP contribution >= 0.6 is 0 Å². The molecule has 0 radical (unpaired) electrons. The Balaban J connectivity index is 0.968. The molecule has 0 N–H and O–H groups in total. The lowest BCUT2D eigenvalue weighted by Crippen LogP contribution is -1.90. The summed E-state index contributed by atoms with van der Waals surface area (Å²) in [5.41, 5.74) is 9.96. The quantitative estimate of drug-likeness (QED) is 0.128. The molecular formula is C54H34. The molecule has 11 rings (SSSR count). The van der Waals surface area contributed by atoms with Crippen LogP contribution in [0.3, 0.4) is 0 Å². The van der Waals surface area contributed by atoms with E-state index in [4.69, 9.17) is 0 Å². The summed E-state index contributed by atoms with van der Waals surface area (Å²) in [7, 11) is 0. The van der Waals surface area contributed by atoms with Crippen LogP contribution in [-0.2, 0) is 0 Å². The first-order valence-electron chi connectivity index (χ1n) is 18.8.